The van der Waals surface area contributed by atoms with E-state index >= 15 is 0 Å². The van der Waals surface area contributed by atoms with Crippen molar-refractivity contribution in [2.24, 2.45) is 0 Å². The zero-order valence-electron chi connectivity index (χ0n) is 10.3. The highest BCUT2D eigenvalue weighted by Crippen LogP contribution is 2.41. The second kappa shape index (κ2) is 5.61. The van der Waals surface area contributed by atoms with Crippen LogP contribution in [-0.4, -0.2) is 26.8 Å². The first kappa shape index (κ1) is 12.5. The maximum atomic E-state index is 6.25. The Kier molecular flexibility index (Phi) is 4.13. The molecule has 0 amide bonds. The topological polar surface area (TPSA) is 30.5 Å². The molecule has 0 unspecified atom stereocenters. The van der Waals surface area contributed by atoms with Gasteiger partial charge in [-0.1, -0.05) is 11.6 Å². The highest BCUT2D eigenvalue weighted by Gasteiger charge is 2.19. The SMILES string of the molecule is CNCCc1cc(Cl)c2c(c1C)OCCCO2. The summed E-state index contributed by atoms with van der Waals surface area (Å²) < 4.78 is 11.4. The van der Waals surface area contributed by atoms with Crippen molar-refractivity contribution in [3.63, 3.8) is 0 Å². The summed E-state index contributed by atoms with van der Waals surface area (Å²) in [7, 11) is 1.94. The van der Waals surface area contributed by atoms with Crippen LogP contribution in [0.3, 0.4) is 0 Å². The molecular formula is C13H18ClNO2. The average Bonchev–Trinajstić information content (AvgIpc) is 2.58. The highest BCUT2D eigenvalue weighted by molar-refractivity contribution is 6.32. The fraction of sp³-hybridized carbons (Fsp3) is 0.538. The lowest BCUT2D eigenvalue weighted by atomic mass is 10.0. The van der Waals surface area contributed by atoms with Gasteiger partial charge in [-0.2, -0.15) is 0 Å². The quantitative estimate of drug-likeness (QED) is 0.901. The zero-order chi connectivity index (χ0) is 12.3. The van der Waals surface area contributed by atoms with Crippen molar-refractivity contribution < 1.29 is 9.47 Å². The van der Waals surface area contributed by atoms with E-state index in [0.29, 0.717) is 24.0 Å². The lowest BCUT2D eigenvalue weighted by molar-refractivity contribution is 0.296. The van der Waals surface area contributed by atoms with Crippen LogP contribution in [0.15, 0.2) is 6.07 Å². The number of hydrogen-bond donors (Lipinski definition) is 1. The summed E-state index contributed by atoms with van der Waals surface area (Å²) in [6, 6.07) is 1.99. The third kappa shape index (κ3) is 2.67. The highest BCUT2D eigenvalue weighted by atomic mass is 35.5. The van der Waals surface area contributed by atoms with Gasteiger partial charge >= 0.3 is 0 Å². The summed E-state index contributed by atoms with van der Waals surface area (Å²) in [5, 5.41) is 3.79. The first-order valence-electron chi connectivity index (χ1n) is 5.96. The van der Waals surface area contributed by atoms with Crippen LogP contribution in [0.1, 0.15) is 17.5 Å². The minimum Gasteiger partial charge on any atom is -0.489 e. The molecule has 1 heterocycles. The van der Waals surface area contributed by atoms with Crippen LogP contribution < -0.4 is 14.8 Å². The van der Waals surface area contributed by atoms with Crippen LogP contribution in [0.2, 0.25) is 5.02 Å². The molecule has 2 rings (SSSR count). The van der Waals surface area contributed by atoms with Gasteiger partial charge in [-0.15, -0.1) is 0 Å². The summed E-state index contributed by atoms with van der Waals surface area (Å²) in [5.74, 6) is 1.52. The van der Waals surface area contributed by atoms with Gasteiger partial charge in [-0.3, -0.25) is 0 Å². The molecule has 1 N–H and O–H groups in total. The van der Waals surface area contributed by atoms with Crippen molar-refractivity contribution in [3.8, 4) is 11.5 Å². The van der Waals surface area contributed by atoms with Gasteiger partial charge in [0.25, 0.3) is 0 Å². The van der Waals surface area contributed by atoms with Gasteiger partial charge in [0.15, 0.2) is 11.5 Å². The molecule has 0 radical (unpaired) electrons. The molecule has 3 nitrogen and oxygen atoms in total. The van der Waals surface area contributed by atoms with Crippen molar-refractivity contribution in [1.29, 1.82) is 0 Å². The maximum Gasteiger partial charge on any atom is 0.180 e. The third-order valence-corrected chi connectivity index (χ3v) is 3.25. The summed E-state index contributed by atoms with van der Waals surface area (Å²) in [5.41, 5.74) is 2.36. The van der Waals surface area contributed by atoms with Gasteiger partial charge in [0.05, 0.1) is 18.2 Å². The second-order valence-corrected chi connectivity index (χ2v) is 4.61. The monoisotopic (exact) mass is 255 g/mol. The summed E-state index contributed by atoms with van der Waals surface area (Å²) in [6.45, 7) is 4.35. The Morgan fingerprint density at radius 2 is 2.00 bits per heavy atom. The van der Waals surface area contributed by atoms with Crippen LogP contribution in [0.4, 0.5) is 0 Å². The molecule has 1 aromatic carbocycles. The van der Waals surface area contributed by atoms with Crippen molar-refractivity contribution >= 4 is 11.6 Å². The van der Waals surface area contributed by atoms with E-state index in [1.807, 2.05) is 13.1 Å². The molecule has 0 atom stereocenters. The first-order valence-corrected chi connectivity index (χ1v) is 6.34. The van der Waals surface area contributed by atoms with Crippen LogP contribution in [0.5, 0.6) is 11.5 Å². The predicted octanol–water partition coefficient (Wildman–Crippen LogP) is 2.57. The molecule has 17 heavy (non-hydrogen) atoms. The fourth-order valence-corrected chi connectivity index (χ4v) is 2.26. The zero-order valence-corrected chi connectivity index (χ0v) is 11.1. The van der Waals surface area contributed by atoms with E-state index in [1.165, 1.54) is 5.56 Å². The number of benzene rings is 1. The Morgan fingerprint density at radius 1 is 1.29 bits per heavy atom. The Hall–Kier alpha value is -0.930. The molecule has 1 aromatic rings. The Labute approximate surface area is 107 Å². The Bertz CT molecular complexity index is 407. The van der Waals surface area contributed by atoms with Gasteiger partial charge < -0.3 is 14.8 Å². The summed E-state index contributed by atoms with van der Waals surface area (Å²) in [6.07, 6.45) is 1.84. The van der Waals surface area contributed by atoms with Crippen molar-refractivity contribution in [1.82, 2.24) is 5.32 Å². The third-order valence-electron chi connectivity index (χ3n) is 2.97. The molecule has 0 bridgehead atoms. The standard InChI is InChI=1S/C13H18ClNO2/c1-9-10(4-5-15-2)8-11(14)13-12(9)16-6-3-7-17-13/h8,15H,3-7H2,1-2H3. The molecular weight excluding hydrogens is 238 g/mol. The first-order chi connectivity index (χ1) is 8.24. The van der Waals surface area contributed by atoms with Crippen molar-refractivity contribution in [2.75, 3.05) is 26.8 Å². The van der Waals surface area contributed by atoms with E-state index in [9.17, 15) is 0 Å². The molecule has 4 heteroatoms. The van der Waals surface area contributed by atoms with Gasteiger partial charge in [-0.05, 0) is 44.1 Å². The van der Waals surface area contributed by atoms with Crippen molar-refractivity contribution in [3.05, 3.63) is 22.2 Å². The van der Waals surface area contributed by atoms with Crippen LogP contribution >= 0.6 is 11.6 Å². The second-order valence-electron chi connectivity index (χ2n) is 4.20. The van der Waals surface area contributed by atoms with Gasteiger partial charge in [-0.25, -0.2) is 0 Å². The number of ether oxygens (including phenoxy) is 2. The Balaban J connectivity index is 2.38. The van der Waals surface area contributed by atoms with E-state index in [-0.39, 0.29) is 0 Å². The van der Waals surface area contributed by atoms with E-state index in [0.717, 1.165) is 30.7 Å². The van der Waals surface area contributed by atoms with Gasteiger partial charge in [0.2, 0.25) is 0 Å². The van der Waals surface area contributed by atoms with E-state index in [2.05, 4.69) is 12.2 Å². The average molecular weight is 256 g/mol. The molecule has 94 valence electrons. The molecule has 0 fully saturated rings. The molecule has 0 aromatic heterocycles. The minimum absolute atomic E-state index is 0.651. The molecule has 1 aliphatic heterocycles. The largest absolute Gasteiger partial charge is 0.489 e. The number of nitrogens with one attached hydrogen (secondary N) is 1. The summed E-state index contributed by atoms with van der Waals surface area (Å²) in [4.78, 5) is 0. The summed E-state index contributed by atoms with van der Waals surface area (Å²) >= 11 is 6.25. The van der Waals surface area contributed by atoms with E-state index in [1.54, 1.807) is 0 Å². The fourth-order valence-electron chi connectivity index (χ4n) is 1.99. The number of rotatable bonds is 3. The molecule has 0 saturated carbocycles. The number of halogens is 1. The smallest absolute Gasteiger partial charge is 0.180 e. The van der Waals surface area contributed by atoms with Gasteiger partial charge in [0.1, 0.15) is 0 Å². The number of likely N-dealkylation sites (N-methyl/N-ethyl adjacent to an activating group) is 1. The van der Waals surface area contributed by atoms with Crippen LogP contribution in [0.25, 0.3) is 0 Å². The van der Waals surface area contributed by atoms with Crippen molar-refractivity contribution in [2.45, 2.75) is 19.8 Å². The Morgan fingerprint density at radius 3 is 2.71 bits per heavy atom. The lowest BCUT2D eigenvalue weighted by Crippen LogP contribution is -2.11. The van der Waals surface area contributed by atoms with Crippen LogP contribution in [-0.2, 0) is 6.42 Å². The molecule has 0 saturated heterocycles. The minimum atomic E-state index is 0.651. The predicted molar refractivity (Wildman–Crippen MR) is 69.4 cm³/mol. The molecule has 0 spiro atoms. The number of hydrogen-bond acceptors (Lipinski definition) is 3. The van der Waals surface area contributed by atoms with Gasteiger partial charge in [0, 0.05) is 6.42 Å². The number of fused-ring (bicyclic) bond motifs is 1. The maximum absolute atomic E-state index is 6.25. The normalized spacial score (nSPS) is 14.5. The van der Waals surface area contributed by atoms with Crippen LogP contribution in [0, 0.1) is 6.92 Å². The lowest BCUT2D eigenvalue weighted by Gasteiger charge is -2.15. The van der Waals surface area contributed by atoms with E-state index < -0.39 is 0 Å². The molecule has 1 aliphatic rings. The molecule has 0 aliphatic carbocycles. The van der Waals surface area contributed by atoms with E-state index in [4.69, 9.17) is 21.1 Å².